The topological polar surface area (TPSA) is 49.4 Å². The minimum atomic E-state index is -0.624. The van der Waals surface area contributed by atoms with Crippen LogP contribution < -0.4 is 5.32 Å². The van der Waals surface area contributed by atoms with E-state index < -0.39 is 6.04 Å². The Balaban J connectivity index is 1.56. The number of carbonyl (C=O) groups excluding carboxylic acids is 2. The average Bonchev–Trinajstić information content (AvgIpc) is 3.46. The molecular formula is C24H23FN2O2S. The molecule has 4 nitrogen and oxygen atoms in total. The Kier molecular flexibility index (Phi) is 6.23. The van der Waals surface area contributed by atoms with E-state index in [1.54, 1.807) is 12.1 Å². The van der Waals surface area contributed by atoms with Gasteiger partial charge < -0.3 is 10.2 Å². The van der Waals surface area contributed by atoms with Crippen molar-refractivity contribution < 1.29 is 14.0 Å². The summed E-state index contributed by atoms with van der Waals surface area (Å²) in [5.41, 5.74) is 2.51. The van der Waals surface area contributed by atoms with Gasteiger partial charge in [0.05, 0.1) is 4.88 Å². The van der Waals surface area contributed by atoms with E-state index in [1.807, 2.05) is 46.7 Å². The van der Waals surface area contributed by atoms with Crippen LogP contribution in [0.3, 0.4) is 0 Å². The summed E-state index contributed by atoms with van der Waals surface area (Å²) < 4.78 is 13.3. The van der Waals surface area contributed by atoms with Crippen LogP contribution in [-0.2, 0) is 11.2 Å². The highest BCUT2D eigenvalue weighted by atomic mass is 32.1. The monoisotopic (exact) mass is 422 g/mol. The summed E-state index contributed by atoms with van der Waals surface area (Å²) in [6.07, 6.45) is 2.44. The van der Waals surface area contributed by atoms with Crippen LogP contribution in [0.25, 0.3) is 11.1 Å². The molecule has 2 amide bonds. The van der Waals surface area contributed by atoms with Crippen LogP contribution in [0.1, 0.15) is 28.1 Å². The largest absolute Gasteiger partial charge is 0.341 e. The van der Waals surface area contributed by atoms with Crippen molar-refractivity contribution in [2.75, 3.05) is 13.1 Å². The van der Waals surface area contributed by atoms with Crippen molar-refractivity contribution in [1.29, 1.82) is 0 Å². The quantitative estimate of drug-likeness (QED) is 0.635. The molecule has 1 unspecified atom stereocenters. The molecule has 1 aliphatic heterocycles. The molecule has 154 valence electrons. The maximum atomic E-state index is 13.3. The molecule has 4 rings (SSSR count). The number of thiophene rings is 1. The second-order valence-electron chi connectivity index (χ2n) is 7.42. The van der Waals surface area contributed by atoms with Crippen molar-refractivity contribution in [3.05, 3.63) is 82.3 Å². The van der Waals surface area contributed by atoms with E-state index in [0.29, 0.717) is 11.3 Å². The number of hydrogen-bond donors (Lipinski definition) is 1. The molecule has 6 heteroatoms. The lowest BCUT2D eigenvalue weighted by molar-refractivity contribution is -0.132. The molecular weight excluding hydrogens is 399 g/mol. The van der Waals surface area contributed by atoms with Gasteiger partial charge in [-0.1, -0.05) is 42.5 Å². The van der Waals surface area contributed by atoms with Gasteiger partial charge in [0, 0.05) is 25.1 Å². The molecule has 2 heterocycles. The van der Waals surface area contributed by atoms with E-state index in [-0.39, 0.29) is 17.6 Å². The molecule has 0 radical (unpaired) electrons. The molecule has 0 bridgehead atoms. The molecule has 30 heavy (non-hydrogen) atoms. The standard InChI is InChI=1S/C24H23FN2O2S/c25-19-10-8-18(9-11-19)20-12-15-30-22(20)23(28)26-21(16-17-6-2-1-3-7-17)24(29)27-13-4-5-14-27/h1-3,6-12,15,21H,4-5,13-14,16H2,(H,26,28). The summed E-state index contributed by atoms with van der Waals surface area (Å²) in [5.74, 6) is -0.637. The zero-order valence-electron chi connectivity index (χ0n) is 16.5. The number of hydrogen-bond acceptors (Lipinski definition) is 3. The van der Waals surface area contributed by atoms with Gasteiger partial charge in [0.25, 0.3) is 5.91 Å². The number of amides is 2. The molecule has 1 fully saturated rings. The Morgan fingerprint density at radius 1 is 1.00 bits per heavy atom. The molecule has 2 aromatic carbocycles. The summed E-state index contributed by atoms with van der Waals surface area (Å²) in [6, 6.07) is 17.0. The van der Waals surface area contributed by atoms with Crippen LogP contribution >= 0.6 is 11.3 Å². The third-order valence-electron chi connectivity index (χ3n) is 5.33. The van der Waals surface area contributed by atoms with Gasteiger partial charge in [-0.2, -0.15) is 0 Å². The van der Waals surface area contributed by atoms with Crippen molar-refractivity contribution in [3.63, 3.8) is 0 Å². The molecule has 0 spiro atoms. The third kappa shape index (κ3) is 4.60. The fourth-order valence-corrected chi connectivity index (χ4v) is 4.59. The van der Waals surface area contributed by atoms with Gasteiger partial charge in [-0.3, -0.25) is 9.59 Å². The molecule has 0 aliphatic carbocycles. The Bertz CT molecular complexity index is 1010. The lowest BCUT2D eigenvalue weighted by Crippen LogP contribution is -2.48. The summed E-state index contributed by atoms with van der Waals surface area (Å²) in [7, 11) is 0. The van der Waals surface area contributed by atoms with Crippen LogP contribution in [0.4, 0.5) is 4.39 Å². The van der Waals surface area contributed by atoms with E-state index in [1.165, 1.54) is 23.5 Å². The van der Waals surface area contributed by atoms with E-state index >= 15 is 0 Å². The fraction of sp³-hybridized carbons (Fsp3) is 0.250. The van der Waals surface area contributed by atoms with Crippen LogP contribution in [0.15, 0.2) is 66.0 Å². The van der Waals surface area contributed by atoms with Crippen LogP contribution in [0.5, 0.6) is 0 Å². The summed E-state index contributed by atoms with van der Waals surface area (Å²) in [6.45, 7) is 1.47. The Morgan fingerprint density at radius 2 is 1.70 bits per heavy atom. The van der Waals surface area contributed by atoms with Crippen LogP contribution in [0, 0.1) is 5.82 Å². The van der Waals surface area contributed by atoms with Gasteiger partial charge >= 0.3 is 0 Å². The second-order valence-corrected chi connectivity index (χ2v) is 8.33. The highest BCUT2D eigenvalue weighted by Crippen LogP contribution is 2.28. The average molecular weight is 423 g/mol. The number of rotatable bonds is 6. The maximum Gasteiger partial charge on any atom is 0.262 e. The zero-order chi connectivity index (χ0) is 20.9. The lowest BCUT2D eigenvalue weighted by atomic mass is 10.0. The highest BCUT2D eigenvalue weighted by molar-refractivity contribution is 7.12. The molecule has 1 N–H and O–H groups in total. The minimum Gasteiger partial charge on any atom is -0.341 e. The van der Waals surface area contributed by atoms with Gasteiger partial charge in [0.15, 0.2) is 0 Å². The second kappa shape index (κ2) is 9.22. The number of halogens is 1. The summed E-state index contributed by atoms with van der Waals surface area (Å²) in [5, 5.41) is 4.81. The van der Waals surface area contributed by atoms with E-state index in [2.05, 4.69) is 5.32 Å². The van der Waals surface area contributed by atoms with E-state index in [4.69, 9.17) is 0 Å². The lowest BCUT2D eigenvalue weighted by Gasteiger charge is -2.24. The number of carbonyl (C=O) groups is 2. The normalized spacial score (nSPS) is 14.5. The predicted octanol–water partition coefficient (Wildman–Crippen LogP) is 4.52. The van der Waals surface area contributed by atoms with Crippen molar-refractivity contribution in [2.24, 2.45) is 0 Å². The van der Waals surface area contributed by atoms with Crippen molar-refractivity contribution in [3.8, 4) is 11.1 Å². The smallest absolute Gasteiger partial charge is 0.262 e. The predicted molar refractivity (Wildman–Crippen MR) is 117 cm³/mol. The van der Waals surface area contributed by atoms with Gasteiger partial charge in [-0.05, 0) is 47.5 Å². The molecule has 0 saturated carbocycles. The van der Waals surface area contributed by atoms with Crippen molar-refractivity contribution in [1.82, 2.24) is 10.2 Å². The zero-order valence-corrected chi connectivity index (χ0v) is 17.3. The van der Waals surface area contributed by atoms with E-state index in [0.717, 1.165) is 42.6 Å². The van der Waals surface area contributed by atoms with E-state index in [9.17, 15) is 14.0 Å². The summed E-state index contributed by atoms with van der Waals surface area (Å²) >= 11 is 1.32. The number of nitrogens with zero attached hydrogens (tertiary/aromatic N) is 1. The fourth-order valence-electron chi connectivity index (χ4n) is 3.77. The minimum absolute atomic E-state index is 0.0374. The molecule has 1 atom stereocenters. The first kappa shape index (κ1) is 20.3. The van der Waals surface area contributed by atoms with Gasteiger partial charge in [0.2, 0.25) is 5.91 Å². The van der Waals surface area contributed by atoms with Gasteiger partial charge in [-0.15, -0.1) is 11.3 Å². The van der Waals surface area contributed by atoms with Crippen molar-refractivity contribution in [2.45, 2.75) is 25.3 Å². The first-order valence-electron chi connectivity index (χ1n) is 10.1. The molecule has 1 aromatic heterocycles. The van der Waals surface area contributed by atoms with Crippen LogP contribution in [-0.4, -0.2) is 35.8 Å². The van der Waals surface area contributed by atoms with Crippen molar-refractivity contribution >= 4 is 23.2 Å². The molecule has 3 aromatic rings. The first-order chi connectivity index (χ1) is 14.6. The van der Waals surface area contributed by atoms with Gasteiger partial charge in [-0.25, -0.2) is 4.39 Å². The highest BCUT2D eigenvalue weighted by Gasteiger charge is 2.29. The first-order valence-corrected chi connectivity index (χ1v) is 11.0. The Morgan fingerprint density at radius 3 is 2.40 bits per heavy atom. The SMILES string of the molecule is O=C(NC(Cc1ccccc1)C(=O)N1CCCC1)c1sccc1-c1ccc(F)cc1. The third-order valence-corrected chi connectivity index (χ3v) is 6.24. The molecule has 1 saturated heterocycles. The maximum absolute atomic E-state index is 13.3. The van der Waals surface area contributed by atoms with Gasteiger partial charge in [0.1, 0.15) is 11.9 Å². The van der Waals surface area contributed by atoms with Crippen LogP contribution in [0.2, 0.25) is 0 Å². The number of likely N-dealkylation sites (tertiary alicyclic amines) is 1. The summed E-state index contributed by atoms with van der Waals surface area (Å²) in [4.78, 5) is 28.6. The Hall–Kier alpha value is -2.99. The molecule has 1 aliphatic rings. The number of nitrogens with one attached hydrogen (secondary N) is 1. The number of benzene rings is 2. The Labute approximate surface area is 179 Å².